The molecule has 0 bridgehead atoms. The number of H-pyrrole nitrogens is 1. The van der Waals surface area contributed by atoms with Crippen molar-refractivity contribution < 1.29 is 5.11 Å². The van der Waals surface area contributed by atoms with Gasteiger partial charge in [-0.1, -0.05) is 12.1 Å². The second-order valence-electron chi connectivity index (χ2n) is 3.43. The normalized spacial score (nSPS) is 10.6. The smallest absolute Gasteiger partial charge is 0.134 e. The molecule has 0 unspecified atom stereocenters. The van der Waals surface area contributed by atoms with Gasteiger partial charge >= 0.3 is 0 Å². The average molecular weight is 282 g/mol. The second kappa shape index (κ2) is 5.14. The molecule has 1 aromatic carbocycles. The lowest BCUT2D eigenvalue weighted by atomic mass is 10.2. The summed E-state index contributed by atoms with van der Waals surface area (Å²) in [4.78, 5) is 6.93. The van der Waals surface area contributed by atoms with Gasteiger partial charge in [0.1, 0.15) is 5.75 Å². The lowest BCUT2D eigenvalue weighted by Crippen LogP contribution is -2.13. The lowest BCUT2D eigenvalue weighted by Gasteiger charge is -2.06. The zero-order valence-corrected chi connectivity index (χ0v) is 10.2. The largest absolute Gasteiger partial charge is 0.506 e. The standard InChI is InChI=1S/C11H12BrN3O/c12-10-3-1-2-8(11(10)16)4-13-5-9-6-14-7-15-9/h1-3,6-7,13,16H,4-5H2,(H,14,15). The van der Waals surface area contributed by atoms with Gasteiger partial charge in [0.05, 0.1) is 10.8 Å². The van der Waals surface area contributed by atoms with Gasteiger partial charge in [0.25, 0.3) is 0 Å². The molecular formula is C11H12BrN3O. The van der Waals surface area contributed by atoms with Gasteiger partial charge in [-0.2, -0.15) is 0 Å². The number of imidazole rings is 1. The molecule has 0 saturated carbocycles. The van der Waals surface area contributed by atoms with Crippen molar-refractivity contribution in [3.63, 3.8) is 0 Å². The molecule has 0 fully saturated rings. The maximum absolute atomic E-state index is 9.75. The van der Waals surface area contributed by atoms with Crippen molar-refractivity contribution in [2.45, 2.75) is 13.1 Å². The lowest BCUT2D eigenvalue weighted by molar-refractivity contribution is 0.461. The Labute approximate surface area is 102 Å². The number of phenolic OH excluding ortho intramolecular Hbond substituents is 1. The van der Waals surface area contributed by atoms with Gasteiger partial charge in [-0.05, 0) is 22.0 Å². The van der Waals surface area contributed by atoms with Crippen LogP contribution in [-0.2, 0) is 13.1 Å². The van der Waals surface area contributed by atoms with Crippen LogP contribution in [0.4, 0.5) is 0 Å². The highest BCUT2D eigenvalue weighted by Crippen LogP contribution is 2.27. The van der Waals surface area contributed by atoms with E-state index in [0.29, 0.717) is 23.3 Å². The van der Waals surface area contributed by atoms with E-state index in [1.54, 1.807) is 12.5 Å². The molecule has 16 heavy (non-hydrogen) atoms. The first-order chi connectivity index (χ1) is 7.77. The van der Waals surface area contributed by atoms with Gasteiger partial charge in [-0.25, -0.2) is 4.98 Å². The predicted octanol–water partition coefficient (Wildman–Crippen LogP) is 2.17. The fraction of sp³-hybridized carbons (Fsp3) is 0.182. The summed E-state index contributed by atoms with van der Waals surface area (Å²) >= 11 is 3.28. The Morgan fingerprint density at radius 3 is 3.00 bits per heavy atom. The molecule has 0 saturated heterocycles. The van der Waals surface area contributed by atoms with Gasteiger partial charge in [0, 0.05) is 30.5 Å². The maximum Gasteiger partial charge on any atom is 0.134 e. The van der Waals surface area contributed by atoms with Crippen LogP contribution in [-0.4, -0.2) is 15.1 Å². The summed E-state index contributed by atoms with van der Waals surface area (Å²) in [5.41, 5.74) is 1.89. The highest BCUT2D eigenvalue weighted by molar-refractivity contribution is 9.10. The minimum Gasteiger partial charge on any atom is -0.506 e. The predicted molar refractivity (Wildman–Crippen MR) is 64.9 cm³/mol. The van der Waals surface area contributed by atoms with E-state index in [-0.39, 0.29) is 0 Å². The van der Waals surface area contributed by atoms with Crippen molar-refractivity contribution >= 4 is 15.9 Å². The third-order valence-corrected chi connectivity index (χ3v) is 2.90. The van der Waals surface area contributed by atoms with Crippen molar-refractivity contribution in [3.8, 4) is 5.75 Å². The van der Waals surface area contributed by atoms with Crippen molar-refractivity contribution in [2.75, 3.05) is 0 Å². The molecule has 0 aliphatic rings. The summed E-state index contributed by atoms with van der Waals surface area (Å²) in [6.07, 6.45) is 3.42. The van der Waals surface area contributed by atoms with E-state index < -0.39 is 0 Å². The molecular weight excluding hydrogens is 270 g/mol. The number of rotatable bonds is 4. The molecule has 0 spiro atoms. The fourth-order valence-corrected chi connectivity index (χ4v) is 1.82. The number of hydrogen-bond acceptors (Lipinski definition) is 3. The number of halogens is 1. The first kappa shape index (κ1) is 11.2. The highest BCUT2D eigenvalue weighted by Gasteiger charge is 2.03. The van der Waals surface area contributed by atoms with Crippen LogP contribution in [0.1, 0.15) is 11.3 Å². The fourth-order valence-electron chi connectivity index (χ4n) is 1.42. The van der Waals surface area contributed by atoms with E-state index in [4.69, 9.17) is 0 Å². The molecule has 2 aromatic rings. The second-order valence-corrected chi connectivity index (χ2v) is 4.28. The van der Waals surface area contributed by atoms with Gasteiger partial charge in [-0.15, -0.1) is 0 Å². The van der Waals surface area contributed by atoms with Crippen LogP contribution in [0.25, 0.3) is 0 Å². The zero-order valence-electron chi connectivity index (χ0n) is 8.57. The third kappa shape index (κ3) is 2.62. The van der Waals surface area contributed by atoms with Gasteiger partial charge < -0.3 is 15.4 Å². The Bertz CT molecular complexity index is 456. The summed E-state index contributed by atoms with van der Waals surface area (Å²) < 4.78 is 0.716. The summed E-state index contributed by atoms with van der Waals surface area (Å²) in [5, 5.41) is 13.0. The summed E-state index contributed by atoms with van der Waals surface area (Å²) in [7, 11) is 0. The quantitative estimate of drug-likeness (QED) is 0.805. The zero-order chi connectivity index (χ0) is 11.4. The Hall–Kier alpha value is -1.33. The number of aromatic hydroxyl groups is 1. The molecule has 3 N–H and O–H groups in total. The molecule has 1 aromatic heterocycles. The molecule has 5 heteroatoms. The molecule has 4 nitrogen and oxygen atoms in total. The topological polar surface area (TPSA) is 60.9 Å². The van der Waals surface area contributed by atoms with Crippen LogP contribution in [0.5, 0.6) is 5.75 Å². The van der Waals surface area contributed by atoms with Crippen LogP contribution >= 0.6 is 15.9 Å². The summed E-state index contributed by atoms with van der Waals surface area (Å²) in [6, 6.07) is 5.60. The van der Waals surface area contributed by atoms with Crippen molar-refractivity contribution in [1.82, 2.24) is 15.3 Å². The molecule has 84 valence electrons. The summed E-state index contributed by atoms with van der Waals surface area (Å²) in [5.74, 6) is 0.291. The van der Waals surface area contributed by atoms with Gasteiger partial charge in [0.15, 0.2) is 0 Å². The van der Waals surface area contributed by atoms with Crippen molar-refractivity contribution in [2.24, 2.45) is 0 Å². The number of phenols is 1. The Balaban J connectivity index is 1.92. The number of nitrogens with one attached hydrogen (secondary N) is 2. The highest BCUT2D eigenvalue weighted by atomic mass is 79.9. The molecule has 0 atom stereocenters. The number of nitrogens with zero attached hydrogens (tertiary/aromatic N) is 1. The molecule has 0 amide bonds. The third-order valence-electron chi connectivity index (χ3n) is 2.26. The van der Waals surface area contributed by atoms with Crippen molar-refractivity contribution in [1.29, 1.82) is 0 Å². The van der Waals surface area contributed by atoms with E-state index in [2.05, 4.69) is 31.2 Å². The number of hydrogen-bond donors (Lipinski definition) is 3. The Kier molecular flexibility index (Phi) is 3.58. The molecule has 0 aliphatic heterocycles. The number of para-hydroxylation sites is 1. The SMILES string of the molecule is Oc1c(Br)cccc1CNCc1cnc[nH]1. The monoisotopic (exact) mass is 281 g/mol. The first-order valence-corrected chi connectivity index (χ1v) is 5.71. The van der Waals surface area contributed by atoms with Crippen LogP contribution in [0.3, 0.4) is 0 Å². The van der Waals surface area contributed by atoms with Crippen LogP contribution < -0.4 is 5.32 Å². The van der Waals surface area contributed by atoms with Crippen LogP contribution in [0, 0.1) is 0 Å². The van der Waals surface area contributed by atoms with E-state index >= 15 is 0 Å². The van der Waals surface area contributed by atoms with E-state index in [0.717, 1.165) is 11.3 Å². The first-order valence-electron chi connectivity index (χ1n) is 4.91. The van der Waals surface area contributed by atoms with E-state index in [1.165, 1.54) is 0 Å². The average Bonchev–Trinajstić information content (AvgIpc) is 2.77. The van der Waals surface area contributed by atoms with Crippen LogP contribution in [0.2, 0.25) is 0 Å². The van der Waals surface area contributed by atoms with Gasteiger partial charge in [0.2, 0.25) is 0 Å². The molecule has 2 rings (SSSR count). The maximum atomic E-state index is 9.75. The Morgan fingerprint density at radius 1 is 1.38 bits per heavy atom. The van der Waals surface area contributed by atoms with Crippen molar-refractivity contribution in [3.05, 3.63) is 46.5 Å². The number of benzene rings is 1. The minimum absolute atomic E-state index is 0.291. The number of aromatic nitrogens is 2. The molecule has 0 aliphatic carbocycles. The minimum atomic E-state index is 0.291. The molecule has 0 radical (unpaired) electrons. The number of aromatic amines is 1. The van der Waals surface area contributed by atoms with Crippen LogP contribution in [0.15, 0.2) is 35.2 Å². The summed E-state index contributed by atoms with van der Waals surface area (Å²) in [6.45, 7) is 1.32. The van der Waals surface area contributed by atoms with E-state index in [1.807, 2.05) is 18.2 Å². The van der Waals surface area contributed by atoms with E-state index in [9.17, 15) is 5.11 Å². The van der Waals surface area contributed by atoms with Gasteiger partial charge in [-0.3, -0.25) is 0 Å². The molecule has 1 heterocycles. The Morgan fingerprint density at radius 2 is 2.25 bits per heavy atom.